The van der Waals surface area contributed by atoms with Crippen LogP contribution in [0.15, 0.2) is 48.6 Å². The number of benzene rings is 2. The first-order valence-electron chi connectivity index (χ1n) is 5.85. The lowest BCUT2D eigenvalue weighted by Gasteiger charge is -2.08. The Morgan fingerprint density at radius 1 is 1.18 bits per heavy atom. The van der Waals surface area contributed by atoms with Crippen molar-refractivity contribution in [2.45, 2.75) is 20.3 Å². The molecular weight excluding hydrogens is 208 g/mol. The lowest BCUT2D eigenvalue weighted by Crippen LogP contribution is -2.01. The van der Waals surface area contributed by atoms with E-state index in [1.54, 1.807) is 12.2 Å². The Kier molecular flexibility index (Phi) is 3.38. The summed E-state index contributed by atoms with van der Waals surface area (Å²) in [4.78, 5) is 11.7. The fourth-order valence-corrected chi connectivity index (χ4v) is 2.10. The van der Waals surface area contributed by atoms with Crippen LogP contribution >= 0.6 is 0 Å². The van der Waals surface area contributed by atoms with E-state index in [0.717, 1.165) is 5.56 Å². The molecule has 0 atom stereocenters. The fourth-order valence-electron chi connectivity index (χ4n) is 2.10. The summed E-state index contributed by atoms with van der Waals surface area (Å²) in [7, 11) is 0. The Bertz CT molecular complexity index is 579. The molecule has 2 aromatic rings. The van der Waals surface area contributed by atoms with E-state index >= 15 is 0 Å². The van der Waals surface area contributed by atoms with Gasteiger partial charge in [0.2, 0.25) is 0 Å². The SMILES string of the molecule is C/C=C/C(=O)Cc1c(C)ccc2ccccc12. The minimum Gasteiger partial charge on any atom is -0.294 e. The molecule has 0 bridgehead atoms. The summed E-state index contributed by atoms with van der Waals surface area (Å²) in [5, 5.41) is 2.38. The van der Waals surface area contributed by atoms with Crippen molar-refractivity contribution < 1.29 is 4.79 Å². The number of fused-ring (bicyclic) bond motifs is 1. The molecule has 0 spiro atoms. The van der Waals surface area contributed by atoms with E-state index in [1.165, 1.54) is 16.3 Å². The molecule has 1 heteroatoms. The number of hydrogen-bond acceptors (Lipinski definition) is 1. The van der Waals surface area contributed by atoms with Gasteiger partial charge >= 0.3 is 0 Å². The maximum atomic E-state index is 11.7. The van der Waals surface area contributed by atoms with Crippen molar-refractivity contribution in [2.75, 3.05) is 0 Å². The van der Waals surface area contributed by atoms with Crippen LogP contribution < -0.4 is 0 Å². The Balaban J connectivity index is 2.51. The number of hydrogen-bond donors (Lipinski definition) is 0. The van der Waals surface area contributed by atoms with Crippen molar-refractivity contribution in [3.05, 3.63) is 59.7 Å². The van der Waals surface area contributed by atoms with E-state index in [-0.39, 0.29) is 5.78 Å². The molecule has 0 aliphatic heterocycles. The first-order valence-corrected chi connectivity index (χ1v) is 5.85. The molecule has 0 saturated heterocycles. The Labute approximate surface area is 102 Å². The predicted molar refractivity (Wildman–Crippen MR) is 72.2 cm³/mol. The molecule has 1 nitrogen and oxygen atoms in total. The van der Waals surface area contributed by atoms with E-state index in [4.69, 9.17) is 0 Å². The van der Waals surface area contributed by atoms with E-state index in [1.807, 2.05) is 19.1 Å². The molecule has 0 fully saturated rings. The third-order valence-electron chi connectivity index (χ3n) is 2.98. The Morgan fingerprint density at radius 3 is 2.71 bits per heavy atom. The van der Waals surface area contributed by atoms with E-state index < -0.39 is 0 Å². The highest BCUT2D eigenvalue weighted by Crippen LogP contribution is 2.22. The number of rotatable bonds is 3. The van der Waals surface area contributed by atoms with Gasteiger partial charge in [0.05, 0.1) is 0 Å². The number of ketones is 1. The second-order valence-corrected chi connectivity index (χ2v) is 4.23. The maximum Gasteiger partial charge on any atom is 0.159 e. The highest BCUT2D eigenvalue weighted by molar-refractivity contribution is 5.96. The minimum atomic E-state index is 0.159. The average Bonchev–Trinajstić information content (AvgIpc) is 2.33. The summed E-state index contributed by atoms with van der Waals surface area (Å²) in [5.74, 6) is 0.159. The predicted octanol–water partition coefficient (Wildman–Crippen LogP) is 3.84. The highest BCUT2D eigenvalue weighted by Gasteiger charge is 2.07. The third kappa shape index (κ3) is 2.44. The van der Waals surface area contributed by atoms with Gasteiger partial charge in [-0.25, -0.2) is 0 Å². The lowest BCUT2D eigenvalue weighted by atomic mass is 9.96. The molecular formula is C16H16O. The number of carbonyl (C=O) groups is 1. The molecule has 0 amide bonds. The monoisotopic (exact) mass is 224 g/mol. The lowest BCUT2D eigenvalue weighted by molar-refractivity contribution is -0.114. The second-order valence-electron chi connectivity index (χ2n) is 4.23. The molecule has 2 rings (SSSR count). The molecule has 0 aliphatic rings. The second kappa shape index (κ2) is 4.96. The van der Waals surface area contributed by atoms with Crippen molar-refractivity contribution in [1.29, 1.82) is 0 Å². The van der Waals surface area contributed by atoms with Gasteiger partial charge in [-0.05, 0) is 41.8 Å². The zero-order valence-corrected chi connectivity index (χ0v) is 10.2. The molecule has 0 unspecified atom stereocenters. The normalized spacial score (nSPS) is 11.2. The zero-order valence-electron chi connectivity index (χ0n) is 10.2. The van der Waals surface area contributed by atoms with Crippen LogP contribution in [0.4, 0.5) is 0 Å². The van der Waals surface area contributed by atoms with Gasteiger partial charge in [0.15, 0.2) is 5.78 Å². The quantitative estimate of drug-likeness (QED) is 0.724. The third-order valence-corrected chi connectivity index (χ3v) is 2.98. The van der Waals surface area contributed by atoms with Gasteiger partial charge in [-0.15, -0.1) is 0 Å². The van der Waals surface area contributed by atoms with Crippen LogP contribution in [0.3, 0.4) is 0 Å². The maximum absolute atomic E-state index is 11.7. The van der Waals surface area contributed by atoms with Gasteiger partial charge in [0, 0.05) is 6.42 Å². The summed E-state index contributed by atoms with van der Waals surface area (Å²) >= 11 is 0. The van der Waals surface area contributed by atoms with Gasteiger partial charge < -0.3 is 0 Å². The van der Waals surface area contributed by atoms with Crippen LogP contribution in [0.25, 0.3) is 10.8 Å². The largest absolute Gasteiger partial charge is 0.294 e. The Morgan fingerprint density at radius 2 is 1.94 bits per heavy atom. The van der Waals surface area contributed by atoms with Crippen LogP contribution in [0, 0.1) is 6.92 Å². The smallest absolute Gasteiger partial charge is 0.159 e. The minimum absolute atomic E-state index is 0.159. The van der Waals surface area contributed by atoms with Crippen molar-refractivity contribution >= 4 is 16.6 Å². The molecule has 0 saturated carbocycles. The first-order chi connectivity index (χ1) is 8.22. The van der Waals surface area contributed by atoms with Gasteiger partial charge in [-0.3, -0.25) is 4.79 Å². The van der Waals surface area contributed by atoms with Crippen LogP contribution in [0.5, 0.6) is 0 Å². The van der Waals surface area contributed by atoms with Crippen LogP contribution in [0.1, 0.15) is 18.1 Å². The standard InChI is InChI=1S/C16H16O/c1-3-6-14(17)11-16-12(2)9-10-13-7-4-5-8-15(13)16/h3-10H,11H2,1-2H3/b6-3+. The van der Waals surface area contributed by atoms with E-state index in [9.17, 15) is 4.79 Å². The molecule has 86 valence electrons. The van der Waals surface area contributed by atoms with Gasteiger partial charge in [0.1, 0.15) is 0 Å². The molecule has 17 heavy (non-hydrogen) atoms. The summed E-state index contributed by atoms with van der Waals surface area (Å²) in [6.45, 7) is 3.93. The van der Waals surface area contributed by atoms with Crippen LogP contribution in [0.2, 0.25) is 0 Å². The number of aryl methyl sites for hydroxylation is 1. The summed E-state index contributed by atoms with van der Waals surface area (Å²) in [5.41, 5.74) is 2.33. The summed E-state index contributed by atoms with van der Waals surface area (Å²) < 4.78 is 0. The molecule has 2 aromatic carbocycles. The average molecular weight is 224 g/mol. The van der Waals surface area contributed by atoms with Crippen molar-refractivity contribution in [3.8, 4) is 0 Å². The van der Waals surface area contributed by atoms with Gasteiger partial charge in [-0.1, -0.05) is 42.5 Å². The zero-order chi connectivity index (χ0) is 12.3. The highest BCUT2D eigenvalue weighted by atomic mass is 16.1. The summed E-state index contributed by atoms with van der Waals surface area (Å²) in [6, 6.07) is 12.4. The molecule has 0 aliphatic carbocycles. The van der Waals surface area contributed by atoms with Crippen LogP contribution in [-0.2, 0) is 11.2 Å². The molecule has 0 heterocycles. The van der Waals surface area contributed by atoms with Crippen molar-refractivity contribution in [3.63, 3.8) is 0 Å². The van der Waals surface area contributed by atoms with Gasteiger partial charge in [0.25, 0.3) is 0 Å². The Hall–Kier alpha value is -1.89. The van der Waals surface area contributed by atoms with Crippen molar-refractivity contribution in [1.82, 2.24) is 0 Å². The topological polar surface area (TPSA) is 17.1 Å². The molecule has 0 N–H and O–H groups in total. The molecule has 0 radical (unpaired) electrons. The van der Waals surface area contributed by atoms with Crippen LogP contribution in [-0.4, -0.2) is 5.78 Å². The van der Waals surface area contributed by atoms with E-state index in [0.29, 0.717) is 6.42 Å². The van der Waals surface area contributed by atoms with Gasteiger partial charge in [-0.2, -0.15) is 0 Å². The van der Waals surface area contributed by atoms with E-state index in [2.05, 4.69) is 31.2 Å². The molecule has 0 aromatic heterocycles. The summed E-state index contributed by atoms with van der Waals surface area (Å²) in [6.07, 6.45) is 3.92. The van der Waals surface area contributed by atoms with Crippen molar-refractivity contribution in [2.24, 2.45) is 0 Å². The number of allylic oxidation sites excluding steroid dienone is 2. The number of carbonyl (C=O) groups excluding carboxylic acids is 1. The fraction of sp³-hybridized carbons (Fsp3) is 0.188. The first kappa shape index (κ1) is 11.6.